The quantitative estimate of drug-likeness (QED) is 0.778. The molecule has 0 aromatic carbocycles. The summed E-state index contributed by atoms with van der Waals surface area (Å²) in [6.07, 6.45) is 5.11. The molecule has 0 saturated carbocycles. The lowest BCUT2D eigenvalue weighted by Crippen LogP contribution is -2.29. The van der Waals surface area contributed by atoms with Crippen molar-refractivity contribution in [3.05, 3.63) is 30.1 Å². The molecule has 0 aliphatic heterocycles. The molecule has 1 aromatic rings. The number of rotatable bonds is 8. The summed E-state index contributed by atoms with van der Waals surface area (Å²) in [5.41, 5.74) is 6.53. The average molecular weight is 263 g/mol. The first-order chi connectivity index (χ1) is 9.13. The van der Waals surface area contributed by atoms with Crippen LogP contribution < -0.4 is 5.73 Å². The Hall–Kier alpha value is -1.42. The van der Waals surface area contributed by atoms with E-state index < -0.39 is 0 Å². The molecule has 0 saturated heterocycles. The lowest BCUT2D eigenvalue weighted by molar-refractivity contribution is -0.130. The van der Waals surface area contributed by atoms with E-state index in [4.69, 9.17) is 5.73 Å². The summed E-state index contributed by atoms with van der Waals surface area (Å²) >= 11 is 0. The van der Waals surface area contributed by atoms with Crippen LogP contribution in [0, 0.1) is 5.92 Å². The van der Waals surface area contributed by atoms with Gasteiger partial charge in [0.05, 0.1) is 0 Å². The van der Waals surface area contributed by atoms with Crippen molar-refractivity contribution in [1.82, 2.24) is 9.88 Å². The fraction of sp³-hybridized carbons (Fsp3) is 0.600. The number of nitrogens with zero attached hydrogens (tertiary/aromatic N) is 2. The summed E-state index contributed by atoms with van der Waals surface area (Å²) in [7, 11) is 1.86. The fourth-order valence-corrected chi connectivity index (χ4v) is 1.94. The third kappa shape index (κ3) is 6.34. The summed E-state index contributed by atoms with van der Waals surface area (Å²) in [6.45, 7) is 3.57. The van der Waals surface area contributed by atoms with Gasteiger partial charge in [-0.2, -0.15) is 0 Å². The summed E-state index contributed by atoms with van der Waals surface area (Å²) < 4.78 is 0. The zero-order valence-electron chi connectivity index (χ0n) is 12.0. The highest BCUT2D eigenvalue weighted by Gasteiger charge is 2.11. The van der Waals surface area contributed by atoms with Crippen LogP contribution in [0.15, 0.2) is 24.4 Å². The van der Waals surface area contributed by atoms with E-state index in [1.54, 1.807) is 11.1 Å². The van der Waals surface area contributed by atoms with Gasteiger partial charge >= 0.3 is 0 Å². The number of likely N-dealkylation sites (N-methyl/N-ethyl adjacent to an activating group) is 1. The number of pyridine rings is 1. The van der Waals surface area contributed by atoms with Gasteiger partial charge in [-0.05, 0) is 37.4 Å². The molecule has 4 nitrogen and oxygen atoms in total. The van der Waals surface area contributed by atoms with E-state index in [-0.39, 0.29) is 5.91 Å². The molecule has 19 heavy (non-hydrogen) atoms. The molecule has 2 N–H and O–H groups in total. The number of carbonyl (C=O) groups excluding carboxylic acids is 1. The van der Waals surface area contributed by atoms with E-state index in [9.17, 15) is 4.79 Å². The molecule has 0 fully saturated rings. The molecular formula is C15H25N3O. The molecule has 1 amide bonds. The van der Waals surface area contributed by atoms with Crippen molar-refractivity contribution < 1.29 is 4.79 Å². The molecule has 4 heteroatoms. The second-order valence-electron chi connectivity index (χ2n) is 5.11. The first-order valence-corrected chi connectivity index (χ1v) is 6.97. The Morgan fingerprint density at radius 1 is 1.42 bits per heavy atom. The van der Waals surface area contributed by atoms with Gasteiger partial charge in [-0.25, -0.2) is 0 Å². The molecule has 0 aliphatic rings. The van der Waals surface area contributed by atoms with E-state index in [0.29, 0.717) is 18.9 Å². The average Bonchev–Trinajstić information content (AvgIpc) is 2.43. The minimum Gasteiger partial charge on any atom is -0.345 e. The van der Waals surface area contributed by atoms with Crippen LogP contribution in [0.2, 0.25) is 0 Å². The van der Waals surface area contributed by atoms with Crippen molar-refractivity contribution in [3.63, 3.8) is 0 Å². The smallest absolute Gasteiger partial charge is 0.222 e. The van der Waals surface area contributed by atoms with Crippen LogP contribution in [0.1, 0.15) is 31.9 Å². The van der Waals surface area contributed by atoms with Crippen molar-refractivity contribution in [3.8, 4) is 0 Å². The van der Waals surface area contributed by atoms with Gasteiger partial charge in [0.15, 0.2) is 0 Å². The Kier molecular flexibility index (Phi) is 7.11. The van der Waals surface area contributed by atoms with E-state index in [1.807, 2.05) is 25.2 Å². The van der Waals surface area contributed by atoms with Gasteiger partial charge in [0.2, 0.25) is 5.91 Å². The largest absolute Gasteiger partial charge is 0.345 e. The standard InChI is InChI=1S/C15H25N3O/c1-13(8-10-16)6-7-15(19)18(2)12-9-14-5-3-4-11-17-14/h3-5,11,13H,6-10,12,16H2,1-2H3. The van der Waals surface area contributed by atoms with Gasteiger partial charge in [0.25, 0.3) is 0 Å². The monoisotopic (exact) mass is 263 g/mol. The summed E-state index contributed by atoms with van der Waals surface area (Å²) in [5.74, 6) is 0.734. The summed E-state index contributed by atoms with van der Waals surface area (Å²) in [5, 5.41) is 0. The first-order valence-electron chi connectivity index (χ1n) is 6.97. The van der Waals surface area contributed by atoms with Crippen molar-refractivity contribution in [2.45, 2.75) is 32.6 Å². The van der Waals surface area contributed by atoms with Gasteiger partial charge in [-0.1, -0.05) is 13.0 Å². The highest BCUT2D eigenvalue weighted by atomic mass is 16.2. The zero-order chi connectivity index (χ0) is 14.1. The highest BCUT2D eigenvalue weighted by molar-refractivity contribution is 5.75. The minimum atomic E-state index is 0.208. The van der Waals surface area contributed by atoms with Gasteiger partial charge in [-0.15, -0.1) is 0 Å². The number of carbonyl (C=O) groups is 1. The van der Waals surface area contributed by atoms with Crippen LogP contribution in [0.3, 0.4) is 0 Å². The fourth-order valence-electron chi connectivity index (χ4n) is 1.94. The predicted molar refractivity (Wildman–Crippen MR) is 77.6 cm³/mol. The molecule has 0 spiro atoms. The first kappa shape index (κ1) is 15.6. The zero-order valence-corrected chi connectivity index (χ0v) is 12.0. The Bertz CT molecular complexity index is 367. The van der Waals surface area contributed by atoms with Gasteiger partial charge in [0, 0.05) is 38.3 Å². The Morgan fingerprint density at radius 3 is 2.84 bits per heavy atom. The molecule has 1 atom stereocenters. The normalized spacial score (nSPS) is 12.2. The molecule has 1 unspecified atom stereocenters. The third-order valence-corrected chi connectivity index (χ3v) is 3.37. The maximum absolute atomic E-state index is 11.9. The number of aromatic nitrogens is 1. The molecule has 1 heterocycles. The third-order valence-electron chi connectivity index (χ3n) is 3.37. The molecule has 0 bridgehead atoms. The predicted octanol–water partition coefficient (Wildman–Crippen LogP) is 1.85. The molecule has 0 radical (unpaired) electrons. The lowest BCUT2D eigenvalue weighted by Gasteiger charge is -2.18. The van der Waals surface area contributed by atoms with E-state index in [2.05, 4.69) is 11.9 Å². The van der Waals surface area contributed by atoms with Crippen molar-refractivity contribution >= 4 is 5.91 Å². The number of nitrogens with two attached hydrogens (primary N) is 1. The van der Waals surface area contributed by atoms with Gasteiger partial charge < -0.3 is 10.6 Å². The highest BCUT2D eigenvalue weighted by Crippen LogP contribution is 2.10. The number of hydrogen-bond acceptors (Lipinski definition) is 3. The Balaban J connectivity index is 2.25. The van der Waals surface area contributed by atoms with Crippen LogP contribution >= 0.6 is 0 Å². The van der Waals surface area contributed by atoms with Crippen LogP contribution in [-0.2, 0) is 11.2 Å². The van der Waals surface area contributed by atoms with Crippen LogP contribution in [-0.4, -0.2) is 35.9 Å². The van der Waals surface area contributed by atoms with Gasteiger partial charge in [0.1, 0.15) is 0 Å². The van der Waals surface area contributed by atoms with Crippen LogP contribution in [0.5, 0.6) is 0 Å². The Labute approximate surface area is 116 Å². The van der Waals surface area contributed by atoms with E-state index in [0.717, 1.165) is 31.5 Å². The van der Waals surface area contributed by atoms with E-state index >= 15 is 0 Å². The van der Waals surface area contributed by atoms with Crippen LogP contribution in [0.25, 0.3) is 0 Å². The lowest BCUT2D eigenvalue weighted by atomic mass is 10.0. The maximum atomic E-state index is 11.9. The molecule has 0 aliphatic carbocycles. The topological polar surface area (TPSA) is 59.2 Å². The molecule has 1 aromatic heterocycles. The number of amides is 1. The molecule has 1 rings (SSSR count). The van der Waals surface area contributed by atoms with Crippen LogP contribution in [0.4, 0.5) is 0 Å². The Morgan fingerprint density at radius 2 is 2.21 bits per heavy atom. The second-order valence-corrected chi connectivity index (χ2v) is 5.11. The second kappa shape index (κ2) is 8.64. The van der Waals surface area contributed by atoms with Crippen molar-refractivity contribution in [2.24, 2.45) is 11.7 Å². The molecular weight excluding hydrogens is 238 g/mol. The molecule has 106 valence electrons. The maximum Gasteiger partial charge on any atom is 0.222 e. The van der Waals surface area contributed by atoms with Gasteiger partial charge in [-0.3, -0.25) is 9.78 Å². The minimum absolute atomic E-state index is 0.208. The summed E-state index contributed by atoms with van der Waals surface area (Å²) in [6, 6.07) is 5.86. The van der Waals surface area contributed by atoms with Crippen molar-refractivity contribution in [2.75, 3.05) is 20.1 Å². The number of hydrogen-bond donors (Lipinski definition) is 1. The van der Waals surface area contributed by atoms with E-state index in [1.165, 1.54) is 0 Å². The van der Waals surface area contributed by atoms with Crippen molar-refractivity contribution in [1.29, 1.82) is 0 Å². The SMILES string of the molecule is CC(CCN)CCC(=O)N(C)CCc1ccccn1. The summed E-state index contributed by atoms with van der Waals surface area (Å²) in [4.78, 5) is 18.0.